The van der Waals surface area contributed by atoms with Crippen molar-refractivity contribution in [3.8, 4) is 11.6 Å². The number of aromatic nitrogens is 4. The van der Waals surface area contributed by atoms with Gasteiger partial charge in [0.25, 0.3) is 0 Å². The summed E-state index contributed by atoms with van der Waals surface area (Å²) in [6, 6.07) is 5.02. The van der Waals surface area contributed by atoms with Crippen molar-refractivity contribution in [1.29, 1.82) is 0 Å². The minimum Gasteiger partial charge on any atom is -0.476 e. The molecule has 44 heavy (non-hydrogen) atoms. The number of rotatable bonds is 12. The fourth-order valence-electron chi connectivity index (χ4n) is 4.28. The van der Waals surface area contributed by atoms with Crippen LogP contribution in [-0.2, 0) is 23.4 Å². The number of imidazole rings is 1. The summed E-state index contributed by atoms with van der Waals surface area (Å²) in [5.74, 6) is -0.742. The maximum Gasteiger partial charge on any atom is 0.459 e. The normalized spacial score (nSPS) is 24.2. The number of aliphatic hydroxyl groups is 1. The lowest BCUT2D eigenvalue weighted by Crippen LogP contribution is -2.42. The van der Waals surface area contributed by atoms with E-state index in [9.17, 15) is 14.5 Å². The number of carbonyl (C=O) groups is 1. The number of hydrogen-bond donors (Lipinski definition) is 3. The highest BCUT2D eigenvalue weighted by atomic mass is 35.5. The highest BCUT2D eigenvalue weighted by Gasteiger charge is 2.55. The predicted octanol–water partition coefficient (Wildman–Crippen LogP) is 4.22. The maximum absolute atomic E-state index is 15.7. The molecule has 2 aromatic heterocycles. The summed E-state index contributed by atoms with van der Waals surface area (Å²) in [7, 11) is -4.44. The Balaban J connectivity index is 1.56. The van der Waals surface area contributed by atoms with Gasteiger partial charge in [-0.15, -0.1) is 0 Å². The standard InChI is InChI=1S/C27H37ClFN6O8P/c1-7-39-22-19-21(32-25(30)33-22)35(14-31-19)24-27(6,37)20(29)18(42-24)12-41-44(38,43-17-11-9-8-10-16(17)28)34-15(2)23(36)40-13-26(3,4)5/h8-11,14-15,18,20,24,37H,7,12-13H2,1-6H3,(H,34,38)(H2,30,32,33)/t15-,18+,20+,24+,27+,44?/m0/s1. The van der Waals surface area contributed by atoms with Crippen LogP contribution in [0.25, 0.3) is 11.2 Å². The van der Waals surface area contributed by atoms with Gasteiger partial charge in [-0.1, -0.05) is 44.5 Å². The smallest absolute Gasteiger partial charge is 0.459 e. The Morgan fingerprint density at radius 1 is 1.34 bits per heavy atom. The van der Waals surface area contributed by atoms with Crippen LogP contribution in [0.4, 0.5) is 10.3 Å². The van der Waals surface area contributed by atoms with Gasteiger partial charge in [0.2, 0.25) is 11.8 Å². The number of alkyl halides is 1. The summed E-state index contributed by atoms with van der Waals surface area (Å²) in [4.78, 5) is 25.1. The van der Waals surface area contributed by atoms with E-state index in [0.29, 0.717) is 0 Å². The highest BCUT2D eigenvalue weighted by molar-refractivity contribution is 7.52. The second-order valence-corrected chi connectivity index (χ2v) is 13.7. The van der Waals surface area contributed by atoms with Crippen molar-refractivity contribution in [2.24, 2.45) is 5.41 Å². The van der Waals surface area contributed by atoms with Crippen molar-refractivity contribution in [3.05, 3.63) is 35.6 Å². The Kier molecular flexibility index (Phi) is 10.1. The molecule has 3 aromatic rings. The number of halogens is 2. The van der Waals surface area contributed by atoms with Crippen LogP contribution in [0.15, 0.2) is 30.6 Å². The Morgan fingerprint density at radius 3 is 2.70 bits per heavy atom. The van der Waals surface area contributed by atoms with Crippen molar-refractivity contribution in [2.75, 3.05) is 25.6 Å². The third-order valence-electron chi connectivity index (χ3n) is 6.45. The lowest BCUT2D eigenvalue weighted by Gasteiger charge is -2.26. The molecule has 4 N–H and O–H groups in total. The van der Waals surface area contributed by atoms with Crippen LogP contribution in [0.5, 0.6) is 11.6 Å². The number of carbonyl (C=O) groups excluding carboxylic acids is 1. The Hall–Kier alpha value is -3.07. The van der Waals surface area contributed by atoms with Gasteiger partial charge in [-0.3, -0.25) is 13.9 Å². The molecule has 3 heterocycles. The Labute approximate surface area is 258 Å². The van der Waals surface area contributed by atoms with Crippen LogP contribution in [-0.4, -0.2) is 74.3 Å². The zero-order chi connectivity index (χ0) is 32.4. The monoisotopic (exact) mass is 658 g/mol. The number of ether oxygens (including phenoxy) is 3. The fourth-order valence-corrected chi connectivity index (χ4v) is 6.03. The first-order chi connectivity index (χ1) is 20.5. The maximum atomic E-state index is 15.7. The first-order valence-corrected chi connectivity index (χ1v) is 15.7. The van der Waals surface area contributed by atoms with Gasteiger partial charge in [-0.2, -0.15) is 15.1 Å². The van der Waals surface area contributed by atoms with Gasteiger partial charge >= 0.3 is 13.7 Å². The van der Waals surface area contributed by atoms with E-state index in [0.717, 1.165) is 0 Å². The molecule has 14 nitrogen and oxygen atoms in total. The lowest BCUT2D eigenvalue weighted by molar-refractivity contribution is -0.148. The second-order valence-electron chi connectivity index (χ2n) is 11.6. The van der Waals surface area contributed by atoms with Gasteiger partial charge in [-0.25, -0.2) is 13.9 Å². The molecule has 17 heteroatoms. The molecular weight excluding hydrogens is 622 g/mol. The second kappa shape index (κ2) is 13.1. The average Bonchev–Trinajstić information content (AvgIpc) is 3.44. The SMILES string of the molecule is CCOc1nc(N)nc2c1ncn2[C@@H]1O[C@H](COP(=O)(N[C@@H](C)C(=O)OCC(C)(C)C)Oc2ccccc2Cl)[C@@H](F)[C@@]1(C)O. The molecule has 1 saturated heterocycles. The number of para-hydroxylation sites is 1. The molecule has 6 atom stereocenters. The van der Waals surface area contributed by atoms with E-state index >= 15 is 4.39 Å². The summed E-state index contributed by atoms with van der Waals surface area (Å²) in [5.41, 5.74) is 3.77. The van der Waals surface area contributed by atoms with Crippen LogP contribution < -0.4 is 20.1 Å². The molecule has 1 aromatic carbocycles. The fraction of sp³-hybridized carbons (Fsp3) is 0.556. The van der Waals surface area contributed by atoms with Crippen LogP contribution in [0.3, 0.4) is 0 Å². The predicted molar refractivity (Wildman–Crippen MR) is 159 cm³/mol. The molecule has 0 bridgehead atoms. The average molecular weight is 659 g/mol. The van der Waals surface area contributed by atoms with Crippen molar-refractivity contribution in [2.45, 2.75) is 71.7 Å². The summed E-state index contributed by atoms with van der Waals surface area (Å²) in [6.07, 6.45) is -3.57. The molecule has 4 rings (SSSR count). The van der Waals surface area contributed by atoms with Crippen LogP contribution in [0.1, 0.15) is 47.8 Å². The molecule has 0 radical (unpaired) electrons. The molecule has 1 aliphatic heterocycles. The topological polar surface area (TPSA) is 182 Å². The molecule has 1 unspecified atom stereocenters. The number of benzene rings is 1. The molecule has 0 saturated carbocycles. The molecule has 0 amide bonds. The number of nitrogen functional groups attached to an aromatic ring is 1. The van der Waals surface area contributed by atoms with Gasteiger partial charge in [0, 0.05) is 0 Å². The van der Waals surface area contributed by atoms with Crippen molar-refractivity contribution < 1.29 is 42.1 Å². The first-order valence-electron chi connectivity index (χ1n) is 13.8. The minimum atomic E-state index is -4.44. The number of nitrogens with one attached hydrogen (secondary N) is 1. The van der Waals surface area contributed by atoms with E-state index in [2.05, 4.69) is 20.0 Å². The molecule has 0 spiro atoms. The van der Waals surface area contributed by atoms with Crippen LogP contribution in [0.2, 0.25) is 5.02 Å². The number of nitrogens with two attached hydrogens (primary N) is 1. The molecular formula is C27H37ClFN6O8P. The number of anilines is 1. The highest BCUT2D eigenvalue weighted by Crippen LogP contribution is 2.49. The van der Waals surface area contributed by atoms with Gasteiger partial charge in [0.1, 0.15) is 23.5 Å². The van der Waals surface area contributed by atoms with Crippen LogP contribution in [0, 0.1) is 5.41 Å². The summed E-state index contributed by atoms with van der Waals surface area (Å²) < 4.78 is 59.0. The Morgan fingerprint density at radius 2 is 2.05 bits per heavy atom. The minimum absolute atomic E-state index is 0.0125. The largest absolute Gasteiger partial charge is 0.476 e. The third-order valence-corrected chi connectivity index (χ3v) is 8.39. The quantitative estimate of drug-likeness (QED) is 0.186. The van der Waals surface area contributed by atoms with Gasteiger partial charge in [0.05, 0.1) is 31.2 Å². The molecule has 242 valence electrons. The number of hydrogen-bond acceptors (Lipinski definition) is 12. The summed E-state index contributed by atoms with van der Waals surface area (Å²) in [5, 5.41) is 13.9. The summed E-state index contributed by atoms with van der Waals surface area (Å²) in [6.45, 7) is 9.77. The van der Waals surface area contributed by atoms with E-state index in [1.54, 1.807) is 19.1 Å². The van der Waals surface area contributed by atoms with E-state index in [4.69, 9.17) is 40.6 Å². The summed E-state index contributed by atoms with van der Waals surface area (Å²) >= 11 is 6.21. The van der Waals surface area contributed by atoms with Gasteiger partial charge in [-0.05, 0) is 38.3 Å². The van der Waals surface area contributed by atoms with Crippen molar-refractivity contribution in [1.82, 2.24) is 24.6 Å². The molecule has 1 aliphatic rings. The van der Waals surface area contributed by atoms with Crippen molar-refractivity contribution in [3.63, 3.8) is 0 Å². The zero-order valence-electron chi connectivity index (χ0n) is 25.2. The van der Waals surface area contributed by atoms with Crippen LogP contribution >= 0.6 is 19.3 Å². The van der Waals surface area contributed by atoms with E-state index in [1.165, 1.54) is 36.9 Å². The third kappa shape index (κ3) is 7.59. The van der Waals surface area contributed by atoms with E-state index in [1.807, 2.05) is 20.8 Å². The number of esters is 1. The first kappa shape index (κ1) is 33.8. The molecule has 0 aliphatic carbocycles. The number of fused-ring (bicyclic) bond motifs is 1. The lowest BCUT2D eigenvalue weighted by atomic mass is 9.98. The molecule has 1 fully saturated rings. The van der Waals surface area contributed by atoms with E-state index < -0.39 is 50.5 Å². The van der Waals surface area contributed by atoms with Gasteiger partial charge in [0.15, 0.2) is 23.6 Å². The zero-order valence-corrected chi connectivity index (χ0v) is 26.8. The van der Waals surface area contributed by atoms with Crippen molar-refractivity contribution >= 4 is 42.4 Å². The number of nitrogens with zero attached hydrogens (tertiary/aromatic N) is 4. The van der Waals surface area contributed by atoms with Gasteiger partial charge < -0.3 is 29.6 Å². The van der Waals surface area contributed by atoms with E-state index in [-0.39, 0.29) is 52.4 Å². The Bertz CT molecular complexity index is 1540.